The van der Waals surface area contributed by atoms with Crippen molar-refractivity contribution in [2.45, 2.75) is 51.6 Å². The SMILES string of the molecule is Cc1ccc(CN(CC(=O)O)C2(C)CCNCC2)c(N2CCCC2)c1. The smallest absolute Gasteiger partial charge is 0.317 e. The van der Waals surface area contributed by atoms with Crippen LogP contribution in [-0.2, 0) is 11.3 Å². The standard InChI is InChI=1S/C20H31N3O2/c1-16-5-6-17(18(13-16)22-11-3-4-12-22)14-23(15-19(24)25)20(2)7-9-21-10-8-20/h5-6,13,21H,3-4,7-12,14-15H2,1-2H3,(H,24,25). The Kier molecular flexibility index (Phi) is 5.64. The molecule has 0 radical (unpaired) electrons. The van der Waals surface area contributed by atoms with Crippen molar-refractivity contribution in [2.75, 3.05) is 37.6 Å². The Morgan fingerprint density at radius 2 is 1.96 bits per heavy atom. The van der Waals surface area contributed by atoms with Crippen LogP contribution in [0.2, 0.25) is 0 Å². The average molecular weight is 345 g/mol. The second-order valence-corrected chi connectivity index (χ2v) is 7.82. The summed E-state index contributed by atoms with van der Waals surface area (Å²) in [7, 11) is 0. The maximum atomic E-state index is 11.5. The Morgan fingerprint density at radius 1 is 1.28 bits per heavy atom. The highest BCUT2D eigenvalue weighted by atomic mass is 16.4. The molecule has 0 amide bonds. The van der Waals surface area contributed by atoms with Gasteiger partial charge in [-0.15, -0.1) is 0 Å². The topological polar surface area (TPSA) is 55.8 Å². The molecule has 5 nitrogen and oxygen atoms in total. The summed E-state index contributed by atoms with van der Waals surface area (Å²) in [6.07, 6.45) is 4.47. The number of carboxylic acids is 1. The number of rotatable bonds is 6. The lowest BCUT2D eigenvalue weighted by atomic mass is 9.88. The van der Waals surface area contributed by atoms with E-state index in [1.165, 1.54) is 29.7 Å². The molecule has 0 spiro atoms. The number of hydrogen-bond donors (Lipinski definition) is 2. The monoisotopic (exact) mass is 345 g/mol. The molecule has 25 heavy (non-hydrogen) atoms. The summed E-state index contributed by atoms with van der Waals surface area (Å²) >= 11 is 0. The quantitative estimate of drug-likeness (QED) is 0.830. The number of piperidine rings is 1. The summed E-state index contributed by atoms with van der Waals surface area (Å²) in [5, 5.41) is 12.9. The van der Waals surface area contributed by atoms with Crippen LogP contribution in [0.1, 0.15) is 43.7 Å². The molecule has 0 unspecified atom stereocenters. The van der Waals surface area contributed by atoms with Gasteiger partial charge in [-0.25, -0.2) is 0 Å². The number of aliphatic carboxylic acids is 1. The molecule has 0 bridgehead atoms. The molecule has 1 aromatic carbocycles. The maximum Gasteiger partial charge on any atom is 0.317 e. The molecule has 0 aromatic heterocycles. The molecule has 0 saturated carbocycles. The number of benzene rings is 1. The highest BCUT2D eigenvalue weighted by Gasteiger charge is 2.35. The Balaban J connectivity index is 1.87. The van der Waals surface area contributed by atoms with E-state index in [2.05, 4.69) is 47.2 Å². The van der Waals surface area contributed by atoms with Gasteiger partial charge in [-0.3, -0.25) is 9.69 Å². The summed E-state index contributed by atoms with van der Waals surface area (Å²) < 4.78 is 0. The molecule has 2 N–H and O–H groups in total. The third-order valence-electron chi connectivity index (χ3n) is 5.82. The number of carbonyl (C=O) groups is 1. The molecule has 3 rings (SSSR count). The van der Waals surface area contributed by atoms with Crippen molar-refractivity contribution in [1.29, 1.82) is 0 Å². The molecule has 2 heterocycles. The fraction of sp³-hybridized carbons (Fsp3) is 0.650. The van der Waals surface area contributed by atoms with Crippen LogP contribution in [0.5, 0.6) is 0 Å². The number of anilines is 1. The second kappa shape index (κ2) is 7.75. The lowest BCUT2D eigenvalue weighted by molar-refractivity contribution is -0.140. The highest BCUT2D eigenvalue weighted by molar-refractivity contribution is 5.69. The van der Waals surface area contributed by atoms with Crippen LogP contribution in [0.25, 0.3) is 0 Å². The minimum absolute atomic E-state index is 0.0587. The molecule has 2 fully saturated rings. The van der Waals surface area contributed by atoms with Gasteiger partial charge in [0.05, 0.1) is 6.54 Å². The van der Waals surface area contributed by atoms with E-state index < -0.39 is 5.97 Å². The zero-order valence-corrected chi connectivity index (χ0v) is 15.6. The normalized spacial score (nSPS) is 20.2. The number of aryl methyl sites for hydroxylation is 1. The van der Waals surface area contributed by atoms with E-state index in [9.17, 15) is 9.90 Å². The Hall–Kier alpha value is -1.59. The van der Waals surface area contributed by atoms with Crippen molar-refractivity contribution >= 4 is 11.7 Å². The number of nitrogens with zero attached hydrogens (tertiary/aromatic N) is 2. The molecule has 138 valence electrons. The van der Waals surface area contributed by atoms with Crippen LogP contribution in [0.15, 0.2) is 18.2 Å². The van der Waals surface area contributed by atoms with E-state index in [4.69, 9.17) is 0 Å². The van der Waals surface area contributed by atoms with Gasteiger partial charge in [0.2, 0.25) is 0 Å². The van der Waals surface area contributed by atoms with E-state index in [1.807, 2.05) is 0 Å². The summed E-state index contributed by atoms with van der Waals surface area (Å²) in [4.78, 5) is 16.2. The predicted octanol–water partition coefficient (Wildman–Crippen LogP) is 2.62. The zero-order valence-electron chi connectivity index (χ0n) is 15.6. The predicted molar refractivity (Wildman–Crippen MR) is 101 cm³/mol. The van der Waals surface area contributed by atoms with Crippen molar-refractivity contribution in [3.8, 4) is 0 Å². The van der Waals surface area contributed by atoms with E-state index in [-0.39, 0.29) is 12.1 Å². The first kappa shape index (κ1) is 18.2. The Morgan fingerprint density at radius 3 is 2.60 bits per heavy atom. The summed E-state index contributed by atoms with van der Waals surface area (Å²) in [6, 6.07) is 6.62. The third-order valence-corrected chi connectivity index (χ3v) is 5.82. The first-order chi connectivity index (χ1) is 12.0. The highest BCUT2D eigenvalue weighted by Crippen LogP contribution is 2.32. The lowest BCUT2D eigenvalue weighted by Crippen LogP contribution is -2.53. The fourth-order valence-electron chi connectivity index (χ4n) is 4.15. The molecular weight excluding hydrogens is 314 g/mol. The number of hydrogen-bond acceptors (Lipinski definition) is 4. The second-order valence-electron chi connectivity index (χ2n) is 7.82. The molecule has 1 aromatic rings. The van der Waals surface area contributed by atoms with E-state index >= 15 is 0 Å². The van der Waals surface area contributed by atoms with Gasteiger partial charge in [0.15, 0.2) is 0 Å². The van der Waals surface area contributed by atoms with Crippen molar-refractivity contribution in [3.05, 3.63) is 29.3 Å². The molecular formula is C20H31N3O2. The van der Waals surface area contributed by atoms with Crippen LogP contribution >= 0.6 is 0 Å². The van der Waals surface area contributed by atoms with Crippen LogP contribution in [0.4, 0.5) is 5.69 Å². The van der Waals surface area contributed by atoms with E-state index in [1.54, 1.807) is 0 Å². The summed E-state index contributed by atoms with van der Waals surface area (Å²) in [5.74, 6) is -0.741. The average Bonchev–Trinajstić information content (AvgIpc) is 3.10. The molecule has 2 saturated heterocycles. The van der Waals surface area contributed by atoms with Gasteiger partial charge in [-0.05, 0) is 69.8 Å². The van der Waals surface area contributed by atoms with Crippen LogP contribution in [0.3, 0.4) is 0 Å². The molecule has 2 aliphatic heterocycles. The van der Waals surface area contributed by atoms with Crippen molar-refractivity contribution in [2.24, 2.45) is 0 Å². The zero-order chi connectivity index (χ0) is 17.9. The minimum Gasteiger partial charge on any atom is -0.480 e. The van der Waals surface area contributed by atoms with Gasteiger partial charge >= 0.3 is 5.97 Å². The number of carboxylic acid groups (broad SMARTS) is 1. The minimum atomic E-state index is -0.741. The number of nitrogens with one attached hydrogen (secondary N) is 1. The van der Waals surface area contributed by atoms with E-state index in [0.29, 0.717) is 6.54 Å². The van der Waals surface area contributed by atoms with E-state index in [0.717, 1.165) is 39.0 Å². The molecule has 5 heteroatoms. The van der Waals surface area contributed by atoms with Gasteiger partial charge < -0.3 is 15.3 Å². The first-order valence-corrected chi connectivity index (χ1v) is 9.50. The molecule has 0 aliphatic carbocycles. The van der Waals surface area contributed by atoms with Crippen molar-refractivity contribution in [3.63, 3.8) is 0 Å². The summed E-state index contributed by atoms with van der Waals surface area (Å²) in [6.45, 7) is 9.29. The fourth-order valence-corrected chi connectivity index (χ4v) is 4.15. The first-order valence-electron chi connectivity index (χ1n) is 9.50. The van der Waals surface area contributed by atoms with Gasteiger partial charge in [0.25, 0.3) is 0 Å². The third kappa shape index (κ3) is 4.33. The Bertz CT molecular complexity index is 605. The molecule has 0 atom stereocenters. The van der Waals surface area contributed by atoms with Crippen LogP contribution in [-0.4, -0.2) is 54.2 Å². The van der Waals surface area contributed by atoms with Gasteiger partial charge in [-0.1, -0.05) is 12.1 Å². The van der Waals surface area contributed by atoms with Crippen molar-refractivity contribution < 1.29 is 9.90 Å². The van der Waals surface area contributed by atoms with Crippen LogP contribution < -0.4 is 10.2 Å². The largest absolute Gasteiger partial charge is 0.480 e. The summed E-state index contributed by atoms with van der Waals surface area (Å²) in [5.41, 5.74) is 3.76. The van der Waals surface area contributed by atoms with Crippen LogP contribution in [0, 0.1) is 6.92 Å². The lowest BCUT2D eigenvalue weighted by Gasteiger charge is -2.44. The van der Waals surface area contributed by atoms with Gasteiger partial charge in [-0.2, -0.15) is 0 Å². The Labute approximate surface area is 151 Å². The maximum absolute atomic E-state index is 11.5. The van der Waals surface area contributed by atoms with Gasteiger partial charge in [0, 0.05) is 30.9 Å². The van der Waals surface area contributed by atoms with Gasteiger partial charge in [0.1, 0.15) is 0 Å². The molecule has 2 aliphatic rings. The van der Waals surface area contributed by atoms with Crippen molar-refractivity contribution in [1.82, 2.24) is 10.2 Å².